The van der Waals surface area contributed by atoms with E-state index in [0.717, 1.165) is 5.92 Å². The molecule has 0 aromatic heterocycles. The quantitative estimate of drug-likeness (QED) is 0.692. The van der Waals surface area contributed by atoms with E-state index in [9.17, 15) is 0 Å². The van der Waals surface area contributed by atoms with Crippen LogP contribution in [0.25, 0.3) is 0 Å². The van der Waals surface area contributed by atoms with E-state index in [-0.39, 0.29) is 0 Å². The molecular formula is C12H29N. The molecular weight excluding hydrogens is 158 g/mol. The van der Waals surface area contributed by atoms with E-state index in [0.29, 0.717) is 0 Å². The molecule has 1 saturated heterocycles. The molecule has 1 rings (SSSR count). The first-order chi connectivity index (χ1) is 6.35. The Morgan fingerprint density at radius 1 is 1.15 bits per heavy atom. The molecule has 1 N–H and O–H groups in total. The molecule has 0 saturated carbocycles. The lowest BCUT2D eigenvalue weighted by atomic mass is 10.0. The molecule has 0 radical (unpaired) electrons. The first-order valence-electron chi connectivity index (χ1n) is 6.05. The Morgan fingerprint density at radius 2 is 1.69 bits per heavy atom. The van der Waals surface area contributed by atoms with Gasteiger partial charge in [-0.3, -0.25) is 0 Å². The topological polar surface area (TPSA) is 12.0 Å². The van der Waals surface area contributed by atoms with E-state index < -0.39 is 0 Å². The molecule has 1 unspecified atom stereocenters. The normalized spacial score (nSPS) is 19.6. The second kappa shape index (κ2) is 14.5. The molecule has 0 amide bonds. The molecule has 82 valence electrons. The van der Waals surface area contributed by atoms with Crippen molar-refractivity contribution in [3.8, 4) is 0 Å². The molecule has 1 heteroatoms. The third kappa shape index (κ3) is 12.0. The maximum absolute atomic E-state index is 3.36. The summed E-state index contributed by atoms with van der Waals surface area (Å²) in [5.74, 6) is 1.000. The van der Waals surface area contributed by atoms with Crippen LogP contribution < -0.4 is 5.32 Å². The van der Waals surface area contributed by atoms with Crippen molar-refractivity contribution in [1.29, 1.82) is 0 Å². The third-order valence-electron chi connectivity index (χ3n) is 1.86. The predicted octanol–water partition coefficient (Wildman–Crippen LogP) is 3.84. The van der Waals surface area contributed by atoms with E-state index in [1.807, 2.05) is 13.8 Å². The van der Waals surface area contributed by atoms with Crippen LogP contribution in [0.5, 0.6) is 0 Å². The maximum atomic E-state index is 3.36. The highest BCUT2D eigenvalue weighted by atomic mass is 14.9. The highest BCUT2D eigenvalue weighted by Gasteiger charge is 2.11. The van der Waals surface area contributed by atoms with Crippen molar-refractivity contribution >= 4 is 0 Å². The van der Waals surface area contributed by atoms with Crippen LogP contribution >= 0.6 is 0 Å². The van der Waals surface area contributed by atoms with E-state index >= 15 is 0 Å². The Bertz CT molecular complexity index is 65.5. The van der Waals surface area contributed by atoms with Crippen LogP contribution in [0.15, 0.2) is 0 Å². The van der Waals surface area contributed by atoms with Crippen LogP contribution in [0, 0.1) is 5.92 Å². The molecule has 0 bridgehead atoms. The van der Waals surface area contributed by atoms with Gasteiger partial charge in [-0.2, -0.15) is 0 Å². The Morgan fingerprint density at radius 3 is 2.00 bits per heavy atom. The van der Waals surface area contributed by atoms with Crippen molar-refractivity contribution in [3.05, 3.63) is 0 Å². The minimum Gasteiger partial charge on any atom is -0.316 e. The van der Waals surface area contributed by atoms with Gasteiger partial charge >= 0.3 is 0 Å². The molecule has 1 atom stereocenters. The highest BCUT2D eigenvalue weighted by Crippen LogP contribution is 2.12. The second-order valence-corrected chi connectivity index (χ2v) is 3.35. The fourth-order valence-electron chi connectivity index (χ4n) is 1.37. The van der Waals surface area contributed by atoms with Gasteiger partial charge in [0, 0.05) is 0 Å². The zero-order chi connectivity index (χ0) is 10.5. The summed E-state index contributed by atoms with van der Waals surface area (Å²) in [6, 6.07) is 0. The Kier molecular flexibility index (Phi) is 17.2. The Hall–Kier alpha value is -0.0400. The summed E-state index contributed by atoms with van der Waals surface area (Å²) in [6.45, 7) is 13.0. The number of nitrogens with one attached hydrogen (secondary N) is 1. The van der Waals surface area contributed by atoms with Gasteiger partial charge in [-0.05, 0) is 31.8 Å². The average molecular weight is 187 g/mol. The number of hydrogen-bond donors (Lipinski definition) is 1. The lowest BCUT2D eigenvalue weighted by Crippen LogP contribution is -2.08. The number of rotatable bonds is 2. The van der Waals surface area contributed by atoms with Gasteiger partial charge in [-0.1, -0.05) is 47.5 Å². The lowest BCUT2D eigenvalue weighted by molar-refractivity contribution is 0.525. The highest BCUT2D eigenvalue weighted by molar-refractivity contribution is 4.69. The Labute approximate surface area is 85.3 Å². The zero-order valence-electron chi connectivity index (χ0n) is 10.3. The van der Waals surface area contributed by atoms with Crippen molar-refractivity contribution < 1.29 is 0 Å². The van der Waals surface area contributed by atoms with Gasteiger partial charge in [-0.15, -0.1) is 0 Å². The summed E-state index contributed by atoms with van der Waals surface area (Å²) >= 11 is 0. The van der Waals surface area contributed by atoms with E-state index in [2.05, 4.69) is 26.1 Å². The van der Waals surface area contributed by atoms with Gasteiger partial charge in [0.05, 0.1) is 0 Å². The summed E-state index contributed by atoms with van der Waals surface area (Å²) in [7, 11) is 0. The van der Waals surface area contributed by atoms with Crippen LogP contribution in [0.1, 0.15) is 60.3 Å². The monoisotopic (exact) mass is 187 g/mol. The fraction of sp³-hybridized carbons (Fsp3) is 1.00. The van der Waals surface area contributed by atoms with Crippen molar-refractivity contribution in [1.82, 2.24) is 5.32 Å². The molecule has 0 aromatic rings. The molecule has 1 heterocycles. The van der Waals surface area contributed by atoms with E-state index in [1.165, 1.54) is 38.8 Å². The lowest BCUT2D eigenvalue weighted by Gasteiger charge is -2.02. The van der Waals surface area contributed by atoms with Crippen LogP contribution in [0.2, 0.25) is 0 Å². The van der Waals surface area contributed by atoms with Crippen molar-refractivity contribution in [3.63, 3.8) is 0 Å². The summed E-state index contributed by atoms with van der Waals surface area (Å²) in [6.07, 6.45) is 5.44. The predicted molar refractivity (Wildman–Crippen MR) is 63.2 cm³/mol. The molecule has 0 aliphatic carbocycles. The summed E-state index contributed by atoms with van der Waals surface area (Å²) in [5, 5.41) is 3.36. The van der Waals surface area contributed by atoms with E-state index in [1.54, 1.807) is 0 Å². The molecule has 1 fully saturated rings. The van der Waals surface area contributed by atoms with Crippen molar-refractivity contribution in [2.75, 3.05) is 13.1 Å². The van der Waals surface area contributed by atoms with Crippen LogP contribution in [-0.4, -0.2) is 13.1 Å². The molecule has 13 heavy (non-hydrogen) atoms. The minimum absolute atomic E-state index is 1.000. The molecule has 0 aromatic carbocycles. The van der Waals surface area contributed by atoms with Gasteiger partial charge in [-0.25, -0.2) is 0 Å². The summed E-state index contributed by atoms with van der Waals surface area (Å²) in [4.78, 5) is 0. The average Bonchev–Trinajstić information content (AvgIpc) is 2.63. The molecule has 1 aliphatic heterocycles. The van der Waals surface area contributed by atoms with Gasteiger partial charge in [0.2, 0.25) is 0 Å². The summed E-state index contributed by atoms with van der Waals surface area (Å²) < 4.78 is 0. The van der Waals surface area contributed by atoms with Crippen molar-refractivity contribution in [2.24, 2.45) is 5.92 Å². The number of hydrogen-bond acceptors (Lipinski definition) is 1. The van der Waals surface area contributed by atoms with Gasteiger partial charge < -0.3 is 5.32 Å². The smallest absolute Gasteiger partial charge is 0.00200 e. The molecule has 0 spiro atoms. The largest absolute Gasteiger partial charge is 0.316 e. The van der Waals surface area contributed by atoms with Gasteiger partial charge in [0.25, 0.3) is 0 Å². The molecule has 1 nitrogen and oxygen atoms in total. The van der Waals surface area contributed by atoms with Crippen LogP contribution in [-0.2, 0) is 0 Å². The SMILES string of the molecule is CC.CCC.CCCC1CCNC1. The Balaban J connectivity index is 0. The van der Waals surface area contributed by atoms with Gasteiger partial charge in [0.15, 0.2) is 0 Å². The summed E-state index contributed by atoms with van der Waals surface area (Å²) in [5.41, 5.74) is 0. The third-order valence-corrected chi connectivity index (χ3v) is 1.86. The fourth-order valence-corrected chi connectivity index (χ4v) is 1.37. The van der Waals surface area contributed by atoms with Crippen LogP contribution in [0.4, 0.5) is 0 Å². The van der Waals surface area contributed by atoms with E-state index in [4.69, 9.17) is 0 Å². The standard InChI is InChI=1S/C7H15N.C3H8.C2H6/c1-2-3-7-4-5-8-6-7;1-3-2;1-2/h7-8H,2-6H2,1H3;3H2,1-2H3;1-2H3. The second-order valence-electron chi connectivity index (χ2n) is 3.35. The zero-order valence-corrected chi connectivity index (χ0v) is 10.3. The first-order valence-corrected chi connectivity index (χ1v) is 6.05. The van der Waals surface area contributed by atoms with Crippen molar-refractivity contribution in [2.45, 2.75) is 60.3 Å². The minimum atomic E-state index is 1.000. The van der Waals surface area contributed by atoms with Crippen LogP contribution in [0.3, 0.4) is 0 Å². The maximum Gasteiger partial charge on any atom is -0.00200 e. The molecule has 1 aliphatic rings. The van der Waals surface area contributed by atoms with Gasteiger partial charge in [0.1, 0.15) is 0 Å². The first kappa shape index (κ1) is 15.4.